The number of amides is 2. The second-order valence-electron chi connectivity index (χ2n) is 6.46. The van der Waals surface area contributed by atoms with Crippen LogP contribution in [0.1, 0.15) is 51.9 Å². The molecule has 0 bridgehead atoms. The Morgan fingerprint density at radius 1 is 1.24 bits per heavy atom. The summed E-state index contributed by atoms with van der Waals surface area (Å²) in [4.78, 5) is 24.8. The van der Waals surface area contributed by atoms with Crippen LogP contribution in [-0.2, 0) is 9.59 Å². The minimum Gasteiger partial charge on any atom is -0.494 e. The number of carbonyl (C=O) groups is 2. The van der Waals surface area contributed by atoms with Gasteiger partial charge in [-0.05, 0) is 44.4 Å². The van der Waals surface area contributed by atoms with Crippen molar-refractivity contribution < 1.29 is 14.3 Å². The first-order valence-electron chi connectivity index (χ1n) is 9.03. The van der Waals surface area contributed by atoms with Gasteiger partial charge in [-0.2, -0.15) is 0 Å². The van der Waals surface area contributed by atoms with Gasteiger partial charge in [-0.3, -0.25) is 9.59 Å². The molecular weight excluding hydrogens is 384 g/mol. The van der Waals surface area contributed by atoms with Gasteiger partial charge in [-0.1, -0.05) is 41.3 Å². The molecule has 1 aliphatic carbocycles. The molecule has 5 nitrogen and oxygen atoms in total. The van der Waals surface area contributed by atoms with Crippen molar-refractivity contribution in [2.24, 2.45) is 0 Å². The van der Waals surface area contributed by atoms with Crippen molar-refractivity contribution in [1.29, 1.82) is 0 Å². The van der Waals surface area contributed by atoms with E-state index in [4.69, 9.17) is 4.74 Å². The molecule has 0 radical (unpaired) electrons. The Labute approximate surface area is 158 Å². The van der Waals surface area contributed by atoms with Crippen LogP contribution in [0, 0.1) is 0 Å². The average molecular weight is 411 g/mol. The molecule has 6 heteroatoms. The molecule has 0 aliphatic heterocycles. The molecule has 1 fully saturated rings. The highest BCUT2D eigenvalue weighted by atomic mass is 79.9. The number of likely N-dealkylation sites (N-methyl/N-ethyl adjacent to an activating group) is 1. The van der Waals surface area contributed by atoms with Crippen LogP contribution in [-0.4, -0.2) is 30.5 Å². The molecule has 0 unspecified atom stereocenters. The summed E-state index contributed by atoms with van der Waals surface area (Å²) in [6.07, 6.45) is 5.49. The lowest BCUT2D eigenvalue weighted by Gasteiger charge is -2.36. The van der Waals surface area contributed by atoms with Gasteiger partial charge in [0.15, 0.2) is 0 Å². The smallest absolute Gasteiger partial charge is 0.245 e. The van der Waals surface area contributed by atoms with Gasteiger partial charge in [0.25, 0.3) is 0 Å². The molecule has 0 aromatic heterocycles. The molecule has 2 N–H and O–H groups in total. The van der Waals surface area contributed by atoms with E-state index >= 15 is 0 Å². The fourth-order valence-corrected chi connectivity index (χ4v) is 3.58. The van der Waals surface area contributed by atoms with E-state index in [9.17, 15) is 9.59 Å². The molecule has 0 heterocycles. The van der Waals surface area contributed by atoms with Gasteiger partial charge in [0.2, 0.25) is 11.8 Å². The van der Waals surface area contributed by atoms with Crippen LogP contribution in [0.3, 0.4) is 0 Å². The normalized spacial score (nSPS) is 16.1. The van der Waals surface area contributed by atoms with Gasteiger partial charge in [-0.15, -0.1) is 0 Å². The van der Waals surface area contributed by atoms with E-state index in [1.54, 1.807) is 0 Å². The SMILES string of the molecule is CCNC(=O)C1(NC(=O)CCCOc2cccc(Br)c2)CCCCC1. The van der Waals surface area contributed by atoms with E-state index in [-0.39, 0.29) is 11.8 Å². The third kappa shape index (κ3) is 6.03. The number of rotatable bonds is 8. The summed E-state index contributed by atoms with van der Waals surface area (Å²) in [6, 6.07) is 7.62. The molecule has 0 atom stereocenters. The molecule has 2 amide bonds. The number of hydrogen-bond acceptors (Lipinski definition) is 3. The zero-order valence-electron chi connectivity index (χ0n) is 14.8. The Morgan fingerprint density at radius 3 is 2.68 bits per heavy atom. The number of nitrogens with one attached hydrogen (secondary N) is 2. The summed E-state index contributed by atoms with van der Waals surface area (Å²) in [6.45, 7) is 2.95. The molecule has 1 aromatic carbocycles. The highest BCUT2D eigenvalue weighted by Gasteiger charge is 2.40. The summed E-state index contributed by atoms with van der Waals surface area (Å²) in [5, 5.41) is 5.88. The summed E-state index contributed by atoms with van der Waals surface area (Å²) < 4.78 is 6.61. The quantitative estimate of drug-likeness (QED) is 0.643. The molecule has 0 saturated heterocycles. The molecule has 138 valence electrons. The van der Waals surface area contributed by atoms with E-state index < -0.39 is 5.54 Å². The lowest BCUT2D eigenvalue weighted by molar-refractivity contribution is -0.135. The van der Waals surface area contributed by atoms with Crippen LogP contribution in [0.5, 0.6) is 5.75 Å². The Hall–Kier alpha value is -1.56. The van der Waals surface area contributed by atoms with Crippen LogP contribution in [0.2, 0.25) is 0 Å². The van der Waals surface area contributed by atoms with Gasteiger partial charge in [-0.25, -0.2) is 0 Å². The molecular formula is C19H27BrN2O3. The van der Waals surface area contributed by atoms with Gasteiger partial charge >= 0.3 is 0 Å². The van der Waals surface area contributed by atoms with Crippen molar-refractivity contribution in [1.82, 2.24) is 10.6 Å². The number of ether oxygens (including phenoxy) is 1. The lowest BCUT2D eigenvalue weighted by Crippen LogP contribution is -2.59. The monoisotopic (exact) mass is 410 g/mol. The van der Waals surface area contributed by atoms with Crippen molar-refractivity contribution in [3.63, 3.8) is 0 Å². The highest BCUT2D eigenvalue weighted by Crippen LogP contribution is 2.28. The van der Waals surface area contributed by atoms with Crippen molar-refractivity contribution in [2.75, 3.05) is 13.2 Å². The van der Waals surface area contributed by atoms with Gasteiger partial charge in [0.1, 0.15) is 11.3 Å². The third-order valence-electron chi connectivity index (χ3n) is 4.47. The van der Waals surface area contributed by atoms with Crippen LogP contribution in [0.15, 0.2) is 28.7 Å². The van der Waals surface area contributed by atoms with E-state index in [1.807, 2.05) is 31.2 Å². The van der Waals surface area contributed by atoms with Crippen LogP contribution < -0.4 is 15.4 Å². The summed E-state index contributed by atoms with van der Waals surface area (Å²) in [5.41, 5.74) is -0.726. The van der Waals surface area contributed by atoms with Crippen molar-refractivity contribution >= 4 is 27.7 Å². The van der Waals surface area contributed by atoms with Crippen molar-refractivity contribution in [3.8, 4) is 5.75 Å². The first-order valence-corrected chi connectivity index (χ1v) is 9.83. The average Bonchev–Trinajstić information content (AvgIpc) is 2.60. The second-order valence-corrected chi connectivity index (χ2v) is 7.38. The Balaban J connectivity index is 1.79. The highest BCUT2D eigenvalue weighted by molar-refractivity contribution is 9.10. The largest absolute Gasteiger partial charge is 0.494 e. The predicted molar refractivity (Wildman–Crippen MR) is 102 cm³/mol. The first-order chi connectivity index (χ1) is 12.1. The van der Waals surface area contributed by atoms with Crippen LogP contribution >= 0.6 is 15.9 Å². The minimum absolute atomic E-state index is 0.0477. The summed E-state index contributed by atoms with van der Waals surface area (Å²) in [5.74, 6) is 0.653. The predicted octanol–water partition coefficient (Wildman–Crippen LogP) is 3.56. The summed E-state index contributed by atoms with van der Waals surface area (Å²) >= 11 is 3.40. The molecule has 2 rings (SSSR count). The topological polar surface area (TPSA) is 67.4 Å². The molecule has 25 heavy (non-hydrogen) atoms. The van der Waals surface area contributed by atoms with Gasteiger partial charge in [0.05, 0.1) is 6.61 Å². The minimum atomic E-state index is -0.726. The number of carbonyl (C=O) groups excluding carboxylic acids is 2. The van der Waals surface area contributed by atoms with Gasteiger partial charge in [0, 0.05) is 17.4 Å². The van der Waals surface area contributed by atoms with Gasteiger partial charge < -0.3 is 15.4 Å². The molecule has 1 aromatic rings. The number of halogens is 1. The maximum Gasteiger partial charge on any atom is 0.245 e. The molecule has 1 aliphatic rings. The fraction of sp³-hybridized carbons (Fsp3) is 0.579. The summed E-state index contributed by atoms with van der Waals surface area (Å²) in [7, 11) is 0. The zero-order chi connectivity index (χ0) is 18.1. The maximum atomic E-state index is 12.4. The molecule has 1 saturated carbocycles. The Bertz CT molecular complexity index is 586. The second kappa shape index (κ2) is 9.80. The van der Waals surface area contributed by atoms with E-state index in [2.05, 4.69) is 26.6 Å². The van der Waals surface area contributed by atoms with Crippen LogP contribution in [0.4, 0.5) is 0 Å². The van der Waals surface area contributed by atoms with Crippen LogP contribution in [0.25, 0.3) is 0 Å². The third-order valence-corrected chi connectivity index (χ3v) is 4.96. The Morgan fingerprint density at radius 2 is 2.00 bits per heavy atom. The lowest BCUT2D eigenvalue weighted by atomic mass is 9.80. The van der Waals surface area contributed by atoms with E-state index in [0.29, 0.717) is 26.0 Å². The number of benzene rings is 1. The fourth-order valence-electron chi connectivity index (χ4n) is 3.20. The standard InChI is InChI=1S/C19H27BrN2O3/c1-2-21-18(24)19(11-4-3-5-12-19)22-17(23)10-7-13-25-16-9-6-8-15(20)14-16/h6,8-9,14H,2-5,7,10-13H2,1H3,(H,21,24)(H,22,23). The first kappa shape index (κ1) is 19.8. The maximum absolute atomic E-state index is 12.4. The van der Waals surface area contributed by atoms with Crippen molar-refractivity contribution in [2.45, 2.75) is 57.4 Å². The van der Waals surface area contributed by atoms with E-state index in [0.717, 1.165) is 42.3 Å². The Kier molecular flexibility index (Phi) is 7.75. The number of hydrogen-bond donors (Lipinski definition) is 2. The zero-order valence-corrected chi connectivity index (χ0v) is 16.4. The van der Waals surface area contributed by atoms with Crippen molar-refractivity contribution in [3.05, 3.63) is 28.7 Å². The van der Waals surface area contributed by atoms with E-state index in [1.165, 1.54) is 0 Å². The molecule has 0 spiro atoms.